The smallest absolute Gasteiger partial charge is 0.128 e. The van der Waals surface area contributed by atoms with Crippen molar-refractivity contribution in [3.8, 4) is 17.0 Å². The minimum atomic E-state index is 0.603. The molecule has 0 bridgehead atoms. The van der Waals surface area contributed by atoms with E-state index in [2.05, 4.69) is 16.0 Å². The van der Waals surface area contributed by atoms with Crippen molar-refractivity contribution in [1.82, 2.24) is 9.97 Å². The molecule has 0 aliphatic heterocycles. The van der Waals surface area contributed by atoms with Crippen molar-refractivity contribution in [3.63, 3.8) is 0 Å². The SMILES string of the molecule is COc1ccc2ncccc2c1-c1[nH]c2c(Cl)cc(Cl)cc2c1CCCCN. The highest BCUT2D eigenvalue weighted by Gasteiger charge is 2.20. The van der Waals surface area contributed by atoms with E-state index >= 15 is 0 Å². The average molecular weight is 414 g/mol. The molecule has 0 aliphatic rings. The number of pyridine rings is 1. The molecule has 0 saturated heterocycles. The molecule has 2 heterocycles. The first-order chi connectivity index (χ1) is 13.6. The van der Waals surface area contributed by atoms with E-state index in [-0.39, 0.29) is 0 Å². The van der Waals surface area contributed by atoms with Crippen LogP contribution in [0.3, 0.4) is 0 Å². The number of nitrogens with two attached hydrogens (primary N) is 1. The zero-order valence-corrected chi connectivity index (χ0v) is 17.1. The van der Waals surface area contributed by atoms with Gasteiger partial charge < -0.3 is 15.5 Å². The predicted molar refractivity (Wildman–Crippen MR) is 118 cm³/mol. The largest absolute Gasteiger partial charge is 0.496 e. The number of aromatic amines is 1. The van der Waals surface area contributed by atoms with Crippen molar-refractivity contribution in [2.75, 3.05) is 13.7 Å². The number of halogens is 2. The number of fused-ring (bicyclic) bond motifs is 2. The third-order valence-electron chi connectivity index (χ3n) is 5.03. The fourth-order valence-electron chi connectivity index (χ4n) is 3.75. The molecule has 4 aromatic rings. The molecule has 0 radical (unpaired) electrons. The number of nitrogens with zero attached hydrogens (tertiary/aromatic N) is 1. The zero-order valence-electron chi connectivity index (χ0n) is 15.6. The van der Waals surface area contributed by atoms with Gasteiger partial charge >= 0.3 is 0 Å². The van der Waals surface area contributed by atoms with E-state index in [4.69, 9.17) is 33.7 Å². The molecule has 4 nitrogen and oxygen atoms in total. The quantitative estimate of drug-likeness (QED) is 0.382. The second kappa shape index (κ2) is 8.00. The average Bonchev–Trinajstić information content (AvgIpc) is 3.05. The van der Waals surface area contributed by atoms with E-state index in [1.54, 1.807) is 19.4 Å². The lowest BCUT2D eigenvalue weighted by Gasteiger charge is -2.13. The third-order valence-corrected chi connectivity index (χ3v) is 5.55. The molecule has 6 heteroatoms. The summed E-state index contributed by atoms with van der Waals surface area (Å²) in [5, 5.41) is 3.28. The van der Waals surface area contributed by atoms with Crippen LogP contribution in [0.1, 0.15) is 18.4 Å². The summed E-state index contributed by atoms with van der Waals surface area (Å²) in [4.78, 5) is 8.04. The lowest BCUT2D eigenvalue weighted by molar-refractivity contribution is 0.417. The number of rotatable bonds is 6. The molecular weight excluding hydrogens is 393 g/mol. The van der Waals surface area contributed by atoms with Crippen molar-refractivity contribution >= 4 is 45.0 Å². The summed E-state index contributed by atoms with van der Waals surface area (Å²) in [7, 11) is 1.68. The van der Waals surface area contributed by atoms with Crippen molar-refractivity contribution in [2.24, 2.45) is 5.73 Å². The van der Waals surface area contributed by atoms with E-state index in [0.717, 1.165) is 58.1 Å². The zero-order chi connectivity index (χ0) is 19.7. The number of hydrogen-bond acceptors (Lipinski definition) is 3. The second-order valence-corrected chi connectivity index (χ2v) is 7.59. The van der Waals surface area contributed by atoms with Crippen LogP contribution in [0.5, 0.6) is 5.75 Å². The van der Waals surface area contributed by atoms with Crippen LogP contribution in [0.15, 0.2) is 42.6 Å². The maximum atomic E-state index is 6.51. The van der Waals surface area contributed by atoms with Gasteiger partial charge in [0.25, 0.3) is 0 Å². The molecule has 2 aromatic heterocycles. The molecule has 3 N–H and O–H groups in total. The Labute approximate surface area is 173 Å². The Morgan fingerprint density at radius 1 is 1.11 bits per heavy atom. The van der Waals surface area contributed by atoms with E-state index < -0.39 is 0 Å². The predicted octanol–water partition coefficient (Wildman–Crippen LogP) is 5.98. The van der Waals surface area contributed by atoms with Crippen LogP contribution in [0.4, 0.5) is 0 Å². The molecule has 0 fully saturated rings. The summed E-state index contributed by atoms with van der Waals surface area (Å²) >= 11 is 12.8. The van der Waals surface area contributed by atoms with Crippen LogP contribution < -0.4 is 10.5 Å². The minimum Gasteiger partial charge on any atom is -0.496 e. The fourth-order valence-corrected chi connectivity index (χ4v) is 4.29. The monoisotopic (exact) mass is 413 g/mol. The van der Waals surface area contributed by atoms with Gasteiger partial charge in [0.1, 0.15) is 5.75 Å². The summed E-state index contributed by atoms with van der Waals surface area (Å²) in [6.07, 6.45) is 4.59. The van der Waals surface area contributed by atoms with Crippen molar-refractivity contribution < 1.29 is 4.74 Å². The highest BCUT2D eigenvalue weighted by Crippen LogP contribution is 2.42. The van der Waals surface area contributed by atoms with Crippen molar-refractivity contribution in [2.45, 2.75) is 19.3 Å². The molecule has 0 atom stereocenters. The third kappa shape index (κ3) is 3.32. The molecule has 4 rings (SSSR count). The first-order valence-corrected chi connectivity index (χ1v) is 10.0. The van der Waals surface area contributed by atoms with Gasteiger partial charge in [-0.05, 0) is 61.7 Å². The number of benzene rings is 2. The number of hydrogen-bond donors (Lipinski definition) is 2. The number of ether oxygens (including phenoxy) is 1. The fraction of sp³-hybridized carbons (Fsp3) is 0.227. The molecule has 0 amide bonds. The van der Waals surface area contributed by atoms with Gasteiger partial charge in [-0.2, -0.15) is 0 Å². The van der Waals surface area contributed by atoms with Crippen LogP contribution in [-0.2, 0) is 6.42 Å². The number of unbranched alkanes of at least 4 members (excludes halogenated alkanes) is 1. The Kier molecular flexibility index (Phi) is 5.44. The van der Waals surface area contributed by atoms with Crippen molar-refractivity contribution in [3.05, 3.63) is 58.2 Å². The van der Waals surface area contributed by atoms with Gasteiger partial charge in [0.2, 0.25) is 0 Å². The van der Waals surface area contributed by atoms with Gasteiger partial charge in [-0.1, -0.05) is 29.3 Å². The van der Waals surface area contributed by atoms with E-state index in [1.807, 2.05) is 24.3 Å². The molecule has 28 heavy (non-hydrogen) atoms. The van der Waals surface area contributed by atoms with Gasteiger partial charge in [0, 0.05) is 27.6 Å². The van der Waals surface area contributed by atoms with Gasteiger partial charge in [0.15, 0.2) is 0 Å². The minimum absolute atomic E-state index is 0.603. The first-order valence-electron chi connectivity index (χ1n) is 9.25. The van der Waals surface area contributed by atoms with Gasteiger partial charge in [0.05, 0.1) is 28.9 Å². The van der Waals surface area contributed by atoms with Crippen LogP contribution in [0, 0.1) is 0 Å². The Balaban J connectivity index is 2.05. The number of nitrogens with one attached hydrogen (secondary N) is 1. The molecule has 0 unspecified atom stereocenters. The number of methoxy groups -OCH3 is 1. The van der Waals surface area contributed by atoms with Crippen LogP contribution >= 0.6 is 23.2 Å². The van der Waals surface area contributed by atoms with Crippen LogP contribution in [-0.4, -0.2) is 23.6 Å². The molecule has 0 saturated carbocycles. The molecular formula is C22H21Cl2N3O. The standard InChI is InChI=1S/C22H21Cl2N3O/c1-28-19-8-7-18-15(6-4-10-26-18)20(19)22-14(5-2-3-9-25)16-11-13(23)12-17(24)21(16)27-22/h4,6-8,10-12,27H,2-3,5,9,25H2,1H3. The maximum absolute atomic E-state index is 6.51. The molecule has 0 aliphatic carbocycles. The first kappa shape index (κ1) is 19.1. The van der Waals surface area contributed by atoms with Crippen molar-refractivity contribution in [1.29, 1.82) is 0 Å². The normalized spacial score (nSPS) is 11.4. The Hall–Kier alpha value is -2.27. The summed E-state index contributed by atoms with van der Waals surface area (Å²) in [6.45, 7) is 0.667. The molecule has 144 valence electrons. The van der Waals surface area contributed by atoms with E-state index in [0.29, 0.717) is 16.6 Å². The maximum Gasteiger partial charge on any atom is 0.128 e. The van der Waals surface area contributed by atoms with E-state index in [1.165, 1.54) is 5.56 Å². The summed E-state index contributed by atoms with van der Waals surface area (Å²) in [5.74, 6) is 0.786. The summed E-state index contributed by atoms with van der Waals surface area (Å²) in [5.41, 5.74) is 10.7. The Morgan fingerprint density at radius 2 is 1.96 bits per heavy atom. The van der Waals surface area contributed by atoms with Gasteiger partial charge in [-0.3, -0.25) is 4.98 Å². The Morgan fingerprint density at radius 3 is 2.75 bits per heavy atom. The van der Waals surface area contributed by atoms with E-state index in [9.17, 15) is 0 Å². The number of aryl methyl sites for hydroxylation is 1. The van der Waals surface area contributed by atoms with Crippen LogP contribution in [0.25, 0.3) is 33.1 Å². The molecule has 2 aromatic carbocycles. The second-order valence-electron chi connectivity index (χ2n) is 6.75. The summed E-state index contributed by atoms with van der Waals surface area (Å²) in [6, 6.07) is 11.6. The topological polar surface area (TPSA) is 63.9 Å². The highest BCUT2D eigenvalue weighted by atomic mass is 35.5. The molecule has 0 spiro atoms. The van der Waals surface area contributed by atoms with Gasteiger partial charge in [-0.25, -0.2) is 0 Å². The van der Waals surface area contributed by atoms with Gasteiger partial charge in [-0.15, -0.1) is 0 Å². The number of aromatic nitrogens is 2. The summed E-state index contributed by atoms with van der Waals surface area (Å²) < 4.78 is 5.71. The lowest BCUT2D eigenvalue weighted by atomic mass is 9.97. The number of H-pyrrole nitrogens is 1. The lowest BCUT2D eigenvalue weighted by Crippen LogP contribution is -2.00. The Bertz CT molecular complexity index is 1150. The van der Waals surface area contributed by atoms with Crippen LogP contribution in [0.2, 0.25) is 10.0 Å². The highest BCUT2D eigenvalue weighted by molar-refractivity contribution is 6.38.